The minimum atomic E-state index is 0.0429. The van der Waals surface area contributed by atoms with Gasteiger partial charge in [0.2, 0.25) is 5.89 Å². The predicted molar refractivity (Wildman–Crippen MR) is 60.0 cm³/mol. The smallest absolute Gasteiger partial charge is 0.313 e. The molecule has 5 heteroatoms. The summed E-state index contributed by atoms with van der Waals surface area (Å²) in [5.41, 5.74) is 1.76. The molecule has 3 aromatic rings. The van der Waals surface area contributed by atoms with Crippen LogP contribution in [0.2, 0.25) is 5.35 Å². The zero-order valence-corrected chi connectivity index (χ0v) is 8.85. The maximum atomic E-state index is 5.58. The summed E-state index contributed by atoms with van der Waals surface area (Å²) in [5.74, 6) is 0.413. The lowest BCUT2D eigenvalue weighted by atomic mass is 10.1. The number of nitrogens with zero attached hydrogens (tertiary/aromatic N) is 3. The van der Waals surface area contributed by atoms with Crippen LogP contribution in [0.15, 0.2) is 40.9 Å². The Kier molecular flexibility index (Phi) is 2.08. The first-order valence-corrected chi connectivity index (χ1v) is 5.05. The number of benzene rings is 1. The molecule has 0 radical (unpaired) electrons. The molecule has 0 aliphatic heterocycles. The Labute approximate surface area is 95.9 Å². The van der Waals surface area contributed by atoms with Gasteiger partial charge in [0.1, 0.15) is 0 Å². The molecule has 3 rings (SSSR count). The summed E-state index contributed by atoms with van der Waals surface area (Å²) in [4.78, 5) is 4.23. The topological polar surface area (TPSA) is 51.8 Å². The fourth-order valence-corrected chi connectivity index (χ4v) is 1.64. The Morgan fingerprint density at radius 3 is 2.88 bits per heavy atom. The van der Waals surface area contributed by atoms with E-state index in [-0.39, 0.29) is 5.35 Å². The zero-order valence-electron chi connectivity index (χ0n) is 8.09. The van der Waals surface area contributed by atoms with E-state index < -0.39 is 0 Å². The van der Waals surface area contributed by atoms with E-state index >= 15 is 0 Å². The van der Waals surface area contributed by atoms with Crippen LogP contribution in [0.4, 0.5) is 0 Å². The number of hydrogen-bond acceptors (Lipinski definition) is 4. The lowest BCUT2D eigenvalue weighted by molar-refractivity contribution is 0.571. The highest BCUT2D eigenvalue weighted by Crippen LogP contribution is 2.23. The molecule has 0 unspecified atom stereocenters. The third kappa shape index (κ3) is 1.53. The maximum Gasteiger partial charge on any atom is 0.313 e. The molecule has 4 nitrogen and oxygen atoms in total. The van der Waals surface area contributed by atoms with Gasteiger partial charge in [-0.3, -0.25) is 4.98 Å². The number of fused-ring (bicyclic) bond motifs is 1. The first kappa shape index (κ1) is 9.30. The van der Waals surface area contributed by atoms with Crippen LogP contribution in [0.5, 0.6) is 0 Å². The van der Waals surface area contributed by atoms with Gasteiger partial charge in [0, 0.05) is 17.1 Å². The number of aromatic nitrogens is 3. The quantitative estimate of drug-likeness (QED) is 0.646. The van der Waals surface area contributed by atoms with E-state index in [1.165, 1.54) is 0 Å². The third-order valence-electron chi connectivity index (χ3n) is 2.25. The lowest BCUT2D eigenvalue weighted by Crippen LogP contribution is -1.81. The summed E-state index contributed by atoms with van der Waals surface area (Å²) in [6.07, 6.45) is 1.76. The molecule has 0 N–H and O–H groups in total. The molecule has 2 heterocycles. The summed E-state index contributed by atoms with van der Waals surface area (Å²) >= 11 is 5.58. The normalized spacial score (nSPS) is 10.8. The van der Waals surface area contributed by atoms with E-state index in [2.05, 4.69) is 15.2 Å². The van der Waals surface area contributed by atoms with Gasteiger partial charge < -0.3 is 4.42 Å². The molecule has 0 aliphatic carbocycles. The number of pyridine rings is 1. The van der Waals surface area contributed by atoms with Crippen molar-refractivity contribution >= 4 is 22.5 Å². The highest BCUT2D eigenvalue weighted by atomic mass is 35.5. The van der Waals surface area contributed by atoms with Crippen LogP contribution in [0.3, 0.4) is 0 Å². The van der Waals surface area contributed by atoms with Crippen molar-refractivity contribution in [2.24, 2.45) is 0 Å². The predicted octanol–water partition coefficient (Wildman–Crippen LogP) is 2.94. The Balaban J connectivity index is 2.18. The fraction of sp³-hybridized carbons (Fsp3) is 0. The molecule has 0 aliphatic rings. The van der Waals surface area contributed by atoms with Gasteiger partial charge in [0.15, 0.2) is 0 Å². The van der Waals surface area contributed by atoms with Crippen molar-refractivity contribution in [3.05, 3.63) is 41.9 Å². The first-order chi connectivity index (χ1) is 7.83. The summed E-state index contributed by atoms with van der Waals surface area (Å²) < 4.78 is 5.14. The molecule has 0 atom stereocenters. The van der Waals surface area contributed by atoms with Gasteiger partial charge in [-0.2, -0.15) is 0 Å². The van der Waals surface area contributed by atoms with Crippen LogP contribution in [0.1, 0.15) is 0 Å². The van der Waals surface area contributed by atoms with E-state index in [1.54, 1.807) is 6.20 Å². The van der Waals surface area contributed by atoms with Crippen LogP contribution in [-0.4, -0.2) is 15.2 Å². The molecule has 16 heavy (non-hydrogen) atoms. The van der Waals surface area contributed by atoms with E-state index in [0.29, 0.717) is 5.89 Å². The van der Waals surface area contributed by atoms with Gasteiger partial charge in [-0.25, -0.2) is 0 Å². The molecule has 78 valence electrons. The van der Waals surface area contributed by atoms with Gasteiger partial charge in [0.25, 0.3) is 0 Å². The van der Waals surface area contributed by atoms with Crippen LogP contribution in [0.25, 0.3) is 22.4 Å². The average molecular weight is 232 g/mol. The van der Waals surface area contributed by atoms with Crippen molar-refractivity contribution in [2.45, 2.75) is 0 Å². The molecule has 0 saturated heterocycles. The van der Waals surface area contributed by atoms with Gasteiger partial charge in [-0.1, -0.05) is 11.2 Å². The van der Waals surface area contributed by atoms with Crippen molar-refractivity contribution in [1.82, 2.24) is 15.2 Å². The molecule has 2 aromatic heterocycles. The van der Waals surface area contributed by atoms with Crippen molar-refractivity contribution in [3.63, 3.8) is 0 Å². The molecule has 0 spiro atoms. The zero-order chi connectivity index (χ0) is 11.0. The Hall–Kier alpha value is -1.94. The van der Waals surface area contributed by atoms with Crippen LogP contribution >= 0.6 is 11.6 Å². The van der Waals surface area contributed by atoms with E-state index in [4.69, 9.17) is 16.0 Å². The minimum Gasteiger partial charge on any atom is -0.407 e. The van der Waals surface area contributed by atoms with Gasteiger partial charge in [-0.15, -0.1) is 5.10 Å². The van der Waals surface area contributed by atoms with Crippen molar-refractivity contribution in [1.29, 1.82) is 0 Å². The number of rotatable bonds is 1. The van der Waals surface area contributed by atoms with Crippen LogP contribution in [0, 0.1) is 0 Å². The Bertz CT molecular complexity index is 650. The highest BCUT2D eigenvalue weighted by Gasteiger charge is 2.07. The number of hydrogen-bond donors (Lipinski definition) is 0. The average Bonchev–Trinajstić information content (AvgIpc) is 2.75. The lowest BCUT2D eigenvalue weighted by Gasteiger charge is -1.98. The monoisotopic (exact) mass is 231 g/mol. The van der Waals surface area contributed by atoms with Gasteiger partial charge in [-0.05, 0) is 35.9 Å². The van der Waals surface area contributed by atoms with E-state index in [1.807, 2.05) is 30.3 Å². The van der Waals surface area contributed by atoms with E-state index in [0.717, 1.165) is 16.5 Å². The second-order valence-electron chi connectivity index (χ2n) is 3.27. The maximum absolute atomic E-state index is 5.58. The molecular weight excluding hydrogens is 226 g/mol. The second-order valence-corrected chi connectivity index (χ2v) is 3.59. The van der Waals surface area contributed by atoms with E-state index in [9.17, 15) is 0 Å². The fourth-order valence-electron chi connectivity index (χ4n) is 1.53. The number of halogens is 1. The molecule has 0 saturated carbocycles. The molecule has 1 aromatic carbocycles. The van der Waals surface area contributed by atoms with Crippen LogP contribution in [-0.2, 0) is 0 Å². The molecule has 0 fully saturated rings. The molecular formula is C11H6ClN3O. The van der Waals surface area contributed by atoms with Crippen molar-refractivity contribution in [3.8, 4) is 11.5 Å². The summed E-state index contributed by atoms with van der Waals surface area (Å²) in [5, 5.41) is 8.50. The van der Waals surface area contributed by atoms with Crippen molar-refractivity contribution in [2.75, 3.05) is 0 Å². The van der Waals surface area contributed by atoms with Gasteiger partial charge >= 0.3 is 5.35 Å². The molecule has 0 amide bonds. The summed E-state index contributed by atoms with van der Waals surface area (Å²) in [6, 6.07) is 9.57. The summed E-state index contributed by atoms with van der Waals surface area (Å²) in [6.45, 7) is 0. The second kappa shape index (κ2) is 3.57. The van der Waals surface area contributed by atoms with Gasteiger partial charge in [0.05, 0.1) is 5.52 Å². The first-order valence-electron chi connectivity index (χ1n) is 4.67. The highest BCUT2D eigenvalue weighted by molar-refractivity contribution is 6.27. The molecule has 0 bridgehead atoms. The third-order valence-corrected chi connectivity index (χ3v) is 2.40. The minimum absolute atomic E-state index is 0.0429. The summed E-state index contributed by atoms with van der Waals surface area (Å²) in [7, 11) is 0. The Morgan fingerprint density at radius 2 is 2.06 bits per heavy atom. The van der Waals surface area contributed by atoms with Crippen molar-refractivity contribution < 1.29 is 4.42 Å². The Morgan fingerprint density at radius 1 is 1.12 bits per heavy atom. The SMILES string of the molecule is Clc1nnc(-c2ccc3ncccc3c2)o1. The largest absolute Gasteiger partial charge is 0.407 e. The van der Waals surface area contributed by atoms with Crippen LogP contribution < -0.4 is 0 Å². The standard InChI is InChI=1S/C11H6ClN3O/c12-11-15-14-10(16-11)8-3-4-9-7(6-8)2-1-5-13-9/h1-6H.